The molecular formula is C27H30N6O4S. The quantitative estimate of drug-likeness (QED) is 0.201. The molecule has 0 bridgehead atoms. The molecule has 1 aliphatic heterocycles. The third-order valence-electron chi connectivity index (χ3n) is 6.83. The summed E-state index contributed by atoms with van der Waals surface area (Å²) in [7, 11) is -3.99. The Hall–Kier alpha value is -4.09. The number of fused-ring (bicyclic) bond motifs is 2. The van der Waals surface area contributed by atoms with Crippen LogP contribution in [0.4, 0.5) is 5.82 Å². The standard InChI is InChI=1S/C27H30N6O4S/c28-25(34)12-11-23-22-7-3-4-8-24(22)33(17-20-16-32(27(29)30)13-14-37-20)26(23)31-38(35,36)21-10-9-18-5-1-2-6-19(18)15-21/h1-10,15,20,31H,11-14,16-17H2,(H2,28,34)(H3,29,30)/t20-/m1/s1. The second-order valence-electron chi connectivity index (χ2n) is 9.36. The Balaban J connectivity index is 1.59. The number of ether oxygens (including phenoxy) is 1. The van der Waals surface area contributed by atoms with Gasteiger partial charge in [-0.3, -0.25) is 14.9 Å². The molecule has 198 valence electrons. The number of carbonyl (C=O) groups excluding carboxylic acids is 1. The van der Waals surface area contributed by atoms with E-state index in [1.54, 1.807) is 23.1 Å². The molecule has 0 radical (unpaired) electrons. The van der Waals surface area contributed by atoms with E-state index in [-0.39, 0.29) is 29.8 Å². The highest BCUT2D eigenvalue weighted by Crippen LogP contribution is 2.34. The minimum atomic E-state index is -3.99. The van der Waals surface area contributed by atoms with Crippen LogP contribution in [0.25, 0.3) is 21.7 Å². The molecule has 6 N–H and O–H groups in total. The van der Waals surface area contributed by atoms with E-state index in [0.717, 1.165) is 21.7 Å². The minimum absolute atomic E-state index is 0.0324. The first kappa shape index (κ1) is 25.6. The van der Waals surface area contributed by atoms with Crippen molar-refractivity contribution in [3.8, 4) is 0 Å². The number of amides is 1. The van der Waals surface area contributed by atoms with Crippen LogP contribution in [0.15, 0.2) is 71.6 Å². The van der Waals surface area contributed by atoms with Crippen molar-refractivity contribution in [1.29, 1.82) is 5.41 Å². The number of anilines is 1. The van der Waals surface area contributed by atoms with Crippen LogP contribution in [0.3, 0.4) is 0 Å². The maximum atomic E-state index is 13.7. The summed E-state index contributed by atoms with van der Waals surface area (Å²) in [5.41, 5.74) is 12.7. The number of hydrogen-bond donors (Lipinski definition) is 4. The summed E-state index contributed by atoms with van der Waals surface area (Å²) < 4.78 is 38.1. The normalized spacial score (nSPS) is 16.1. The topological polar surface area (TPSA) is 157 Å². The van der Waals surface area contributed by atoms with Gasteiger partial charge in [-0.25, -0.2) is 8.42 Å². The van der Waals surface area contributed by atoms with Gasteiger partial charge < -0.3 is 25.7 Å². The van der Waals surface area contributed by atoms with Crippen molar-refractivity contribution in [2.24, 2.45) is 11.5 Å². The Kier molecular flexibility index (Phi) is 6.96. The average molecular weight is 535 g/mol. The zero-order valence-corrected chi connectivity index (χ0v) is 21.6. The highest BCUT2D eigenvalue weighted by molar-refractivity contribution is 7.92. The van der Waals surface area contributed by atoms with Crippen LogP contribution in [0.2, 0.25) is 0 Å². The summed E-state index contributed by atoms with van der Waals surface area (Å²) in [4.78, 5) is 13.6. The lowest BCUT2D eigenvalue weighted by Crippen LogP contribution is -2.49. The number of guanidine groups is 1. The number of hydrogen-bond acceptors (Lipinski definition) is 5. The third-order valence-corrected chi connectivity index (χ3v) is 8.16. The molecule has 4 aromatic rings. The number of aryl methyl sites for hydroxylation is 1. The number of sulfonamides is 1. The van der Waals surface area contributed by atoms with Gasteiger partial charge in [-0.05, 0) is 35.4 Å². The Morgan fingerprint density at radius 1 is 1.05 bits per heavy atom. The zero-order chi connectivity index (χ0) is 26.9. The average Bonchev–Trinajstić information content (AvgIpc) is 3.18. The smallest absolute Gasteiger partial charge is 0.263 e. The van der Waals surface area contributed by atoms with E-state index >= 15 is 0 Å². The summed E-state index contributed by atoms with van der Waals surface area (Å²) in [5.74, 6) is -0.142. The van der Waals surface area contributed by atoms with Crippen molar-refractivity contribution in [3.63, 3.8) is 0 Å². The number of primary amides is 1. The van der Waals surface area contributed by atoms with Gasteiger partial charge in [0.25, 0.3) is 10.0 Å². The lowest BCUT2D eigenvalue weighted by Gasteiger charge is -2.33. The minimum Gasteiger partial charge on any atom is -0.373 e. The Labute approximate surface area is 220 Å². The first-order chi connectivity index (χ1) is 18.2. The molecule has 2 heterocycles. The number of morpholine rings is 1. The van der Waals surface area contributed by atoms with Crippen molar-refractivity contribution < 1.29 is 17.9 Å². The number of benzene rings is 3. The Morgan fingerprint density at radius 3 is 2.55 bits per heavy atom. The fourth-order valence-electron chi connectivity index (χ4n) is 4.96. The molecule has 10 nitrogen and oxygen atoms in total. The van der Waals surface area contributed by atoms with E-state index in [1.165, 1.54) is 0 Å². The predicted octanol–water partition coefficient (Wildman–Crippen LogP) is 2.61. The van der Waals surface area contributed by atoms with Crippen molar-refractivity contribution in [3.05, 3.63) is 72.3 Å². The van der Waals surface area contributed by atoms with Crippen LogP contribution in [0.5, 0.6) is 0 Å². The predicted molar refractivity (Wildman–Crippen MR) is 147 cm³/mol. The second kappa shape index (κ2) is 10.3. The van der Waals surface area contributed by atoms with Gasteiger partial charge in [0.2, 0.25) is 5.91 Å². The monoisotopic (exact) mass is 534 g/mol. The van der Waals surface area contributed by atoms with Gasteiger partial charge in [0.1, 0.15) is 5.82 Å². The lowest BCUT2D eigenvalue weighted by molar-refractivity contribution is -0.117. The fraction of sp³-hybridized carbons (Fsp3) is 0.259. The summed E-state index contributed by atoms with van der Waals surface area (Å²) in [6, 6.07) is 20.1. The van der Waals surface area contributed by atoms with Crippen LogP contribution in [0.1, 0.15) is 12.0 Å². The summed E-state index contributed by atoms with van der Waals surface area (Å²) in [6.07, 6.45) is -0.00310. The fourth-order valence-corrected chi connectivity index (χ4v) is 6.09. The van der Waals surface area contributed by atoms with Crippen molar-refractivity contribution in [1.82, 2.24) is 9.47 Å². The molecular weight excluding hydrogens is 504 g/mol. The van der Waals surface area contributed by atoms with Crippen LogP contribution in [-0.4, -0.2) is 55.6 Å². The van der Waals surface area contributed by atoms with Gasteiger partial charge in [0.15, 0.2) is 5.96 Å². The SMILES string of the molecule is N=C(N)N1CCO[C@@H](Cn2c(NS(=O)(=O)c3ccc4ccccc4c3)c(CCC(N)=O)c3ccccc32)C1. The van der Waals surface area contributed by atoms with Gasteiger partial charge in [-0.1, -0.05) is 48.5 Å². The van der Waals surface area contributed by atoms with Gasteiger partial charge >= 0.3 is 0 Å². The van der Waals surface area contributed by atoms with Crippen LogP contribution >= 0.6 is 0 Å². The molecule has 1 aliphatic rings. The van der Waals surface area contributed by atoms with Gasteiger partial charge in [-0.15, -0.1) is 0 Å². The summed E-state index contributed by atoms with van der Waals surface area (Å²) in [6.45, 7) is 1.63. The molecule has 0 aliphatic carbocycles. The van der Waals surface area contributed by atoms with E-state index in [4.69, 9.17) is 21.6 Å². The van der Waals surface area contributed by atoms with E-state index in [1.807, 2.05) is 53.1 Å². The molecule has 38 heavy (non-hydrogen) atoms. The number of nitrogens with two attached hydrogens (primary N) is 2. The first-order valence-corrected chi connectivity index (χ1v) is 13.8. The molecule has 0 unspecified atom stereocenters. The number of rotatable bonds is 8. The van der Waals surface area contributed by atoms with Crippen molar-refractivity contribution in [2.45, 2.75) is 30.4 Å². The third kappa shape index (κ3) is 5.15. The van der Waals surface area contributed by atoms with Gasteiger partial charge in [-0.2, -0.15) is 0 Å². The van der Waals surface area contributed by atoms with E-state index in [0.29, 0.717) is 37.6 Å². The molecule has 1 amide bonds. The zero-order valence-electron chi connectivity index (χ0n) is 20.8. The molecule has 1 fully saturated rings. The van der Waals surface area contributed by atoms with Crippen molar-refractivity contribution >= 4 is 49.4 Å². The highest BCUT2D eigenvalue weighted by atomic mass is 32.2. The molecule has 0 saturated carbocycles. The molecule has 3 aromatic carbocycles. The van der Waals surface area contributed by atoms with E-state index in [2.05, 4.69) is 4.72 Å². The number of carbonyl (C=O) groups is 1. The Bertz CT molecular complexity index is 1630. The molecule has 1 aromatic heterocycles. The lowest BCUT2D eigenvalue weighted by atomic mass is 10.1. The maximum absolute atomic E-state index is 13.7. The number of para-hydroxylation sites is 1. The first-order valence-electron chi connectivity index (χ1n) is 12.3. The molecule has 1 atom stereocenters. The van der Waals surface area contributed by atoms with Crippen molar-refractivity contribution in [2.75, 3.05) is 24.4 Å². The largest absolute Gasteiger partial charge is 0.373 e. The maximum Gasteiger partial charge on any atom is 0.263 e. The number of nitrogens with one attached hydrogen (secondary N) is 2. The van der Waals surface area contributed by atoms with Gasteiger partial charge in [0.05, 0.1) is 29.7 Å². The Morgan fingerprint density at radius 2 is 1.79 bits per heavy atom. The molecule has 1 saturated heterocycles. The number of nitrogens with zero attached hydrogens (tertiary/aromatic N) is 2. The van der Waals surface area contributed by atoms with Crippen LogP contribution in [-0.2, 0) is 32.5 Å². The molecule has 5 rings (SSSR count). The highest BCUT2D eigenvalue weighted by Gasteiger charge is 2.27. The number of aromatic nitrogens is 1. The van der Waals surface area contributed by atoms with E-state index < -0.39 is 15.9 Å². The molecule has 0 spiro atoms. The second-order valence-corrected chi connectivity index (χ2v) is 11.0. The van der Waals surface area contributed by atoms with Crippen LogP contribution < -0.4 is 16.2 Å². The van der Waals surface area contributed by atoms with E-state index in [9.17, 15) is 13.2 Å². The summed E-state index contributed by atoms with van der Waals surface area (Å²) in [5, 5.41) is 10.4. The summed E-state index contributed by atoms with van der Waals surface area (Å²) >= 11 is 0. The molecule has 11 heteroatoms. The van der Waals surface area contributed by atoms with Crippen LogP contribution in [0, 0.1) is 5.41 Å². The van der Waals surface area contributed by atoms with Gasteiger partial charge in [0, 0.05) is 30.5 Å².